The molecule has 11 nitrogen and oxygen atoms in total. The summed E-state index contributed by atoms with van der Waals surface area (Å²) in [4.78, 5) is 38.9. The summed E-state index contributed by atoms with van der Waals surface area (Å²) in [5.74, 6) is 1.03. The monoisotopic (exact) mass is 518 g/mol. The topological polar surface area (TPSA) is 115 Å². The van der Waals surface area contributed by atoms with E-state index < -0.39 is 0 Å². The van der Waals surface area contributed by atoms with Crippen molar-refractivity contribution < 1.29 is 14.3 Å². The molecule has 0 radical (unpaired) electrons. The van der Waals surface area contributed by atoms with Crippen LogP contribution in [0, 0.1) is 0 Å². The molecule has 3 amide bonds. The number of carbonyl (C=O) groups excluding carboxylic acids is 2. The molecule has 200 valence electrons. The van der Waals surface area contributed by atoms with E-state index in [0.29, 0.717) is 34.4 Å². The van der Waals surface area contributed by atoms with Crippen molar-refractivity contribution in [3.8, 4) is 5.75 Å². The SMILES string of the molecule is C=CC(=O)Nc1cc(Nc2cc(N(C)C(=O)Nc3ccccc3)ncn2)c(OC)cc1N(C)CCN(C)C. The molecule has 0 unspecified atom stereocenters. The molecule has 0 aliphatic heterocycles. The molecular weight excluding hydrogens is 484 g/mol. The standard InChI is InChI=1S/C27H34N8O3/c1-7-26(36)32-20-15-21(23(38-6)16-22(20)34(4)14-13-33(2)3)31-24-17-25(29-18-28-24)35(5)27(37)30-19-11-9-8-10-12-19/h7-12,15-18H,1,13-14H2,2-6H3,(H,30,37)(H,32,36)(H,28,29,31). The number of rotatable bonds is 11. The van der Waals surface area contributed by atoms with Crippen LogP contribution in [0.1, 0.15) is 0 Å². The molecule has 1 aromatic heterocycles. The van der Waals surface area contributed by atoms with E-state index in [-0.39, 0.29) is 11.9 Å². The lowest BCUT2D eigenvalue weighted by atomic mass is 10.2. The number of anilines is 6. The highest BCUT2D eigenvalue weighted by atomic mass is 16.5. The Balaban J connectivity index is 1.88. The number of urea groups is 1. The minimum atomic E-state index is -0.349. The van der Waals surface area contributed by atoms with Crippen molar-refractivity contribution in [3.05, 3.63) is 67.5 Å². The summed E-state index contributed by atoms with van der Waals surface area (Å²) in [6.45, 7) is 5.11. The summed E-state index contributed by atoms with van der Waals surface area (Å²) in [7, 11) is 9.13. The molecule has 0 saturated heterocycles. The Labute approximate surface area is 223 Å². The van der Waals surface area contributed by atoms with Gasteiger partial charge in [0.25, 0.3) is 0 Å². The molecule has 2 aromatic carbocycles. The minimum Gasteiger partial charge on any atom is -0.494 e. The highest BCUT2D eigenvalue weighted by molar-refractivity contribution is 6.02. The van der Waals surface area contributed by atoms with Gasteiger partial charge in [-0.05, 0) is 38.4 Å². The van der Waals surface area contributed by atoms with Crippen molar-refractivity contribution in [1.29, 1.82) is 0 Å². The van der Waals surface area contributed by atoms with Gasteiger partial charge in [-0.2, -0.15) is 0 Å². The molecule has 0 spiro atoms. The largest absolute Gasteiger partial charge is 0.494 e. The number of carbonyl (C=O) groups is 2. The summed E-state index contributed by atoms with van der Waals surface area (Å²) in [5.41, 5.74) is 2.60. The van der Waals surface area contributed by atoms with Crippen LogP contribution in [-0.4, -0.2) is 75.2 Å². The van der Waals surface area contributed by atoms with Gasteiger partial charge in [-0.25, -0.2) is 14.8 Å². The van der Waals surface area contributed by atoms with Crippen molar-refractivity contribution in [2.75, 3.05) is 74.1 Å². The first-order valence-electron chi connectivity index (χ1n) is 11.9. The first-order valence-corrected chi connectivity index (χ1v) is 11.9. The highest BCUT2D eigenvalue weighted by Gasteiger charge is 2.17. The normalized spacial score (nSPS) is 10.5. The summed E-state index contributed by atoms with van der Waals surface area (Å²) in [6.07, 6.45) is 2.58. The third-order valence-electron chi connectivity index (χ3n) is 5.64. The molecule has 0 atom stereocenters. The molecule has 0 fully saturated rings. The van der Waals surface area contributed by atoms with Crippen molar-refractivity contribution >= 4 is 46.3 Å². The van der Waals surface area contributed by atoms with Gasteiger partial charge in [0.1, 0.15) is 23.7 Å². The molecule has 3 N–H and O–H groups in total. The molecule has 0 saturated carbocycles. The van der Waals surface area contributed by atoms with Crippen molar-refractivity contribution in [2.45, 2.75) is 0 Å². The number of aromatic nitrogens is 2. The molecule has 0 aliphatic carbocycles. The number of nitrogens with one attached hydrogen (secondary N) is 3. The first kappa shape index (κ1) is 27.9. The summed E-state index contributed by atoms with van der Waals surface area (Å²) in [5, 5.41) is 8.91. The second kappa shape index (κ2) is 13.1. The van der Waals surface area contributed by atoms with E-state index in [1.165, 1.54) is 17.3 Å². The average molecular weight is 519 g/mol. The molecule has 3 rings (SSSR count). The van der Waals surface area contributed by atoms with E-state index in [4.69, 9.17) is 4.74 Å². The number of hydrogen-bond acceptors (Lipinski definition) is 8. The fourth-order valence-corrected chi connectivity index (χ4v) is 3.48. The van der Waals surface area contributed by atoms with Gasteiger partial charge in [0, 0.05) is 45.0 Å². The fraction of sp³-hybridized carbons (Fsp3) is 0.259. The lowest BCUT2D eigenvalue weighted by Crippen LogP contribution is -2.31. The number of likely N-dealkylation sites (N-methyl/N-ethyl adjacent to an activating group) is 2. The zero-order valence-corrected chi connectivity index (χ0v) is 22.4. The van der Waals surface area contributed by atoms with E-state index >= 15 is 0 Å². The first-order chi connectivity index (χ1) is 18.2. The van der Waals surface area contributed by atoms with Crippen LogP contribution in [0.4, 0.5) is 39.2 Å². The van der Waals surface area contributed by atoms with Gasteiger partial charge in [-0.3, -0.25) is 9.69 Å². The lowest BCUT2D eigenvalue weighted by Gasteiger charge is -2.26. The van der Waals surface area contributed by atoms with Gasteiger partial charge in [-0.15, -0.1) is 0 Å². The van der Waals surface area contributed by atoms with Crippen molar-refractivity contribution in [1.82, 2.24) is 14.9 Å². The zero-order valence-electron chi connectivity index (χ0n) is 22.4. The Morgan fingerprint density at radius 1 is 0.974 bits per heavy atom. The average Bonchev–Trinajstić information content (AvgIpc) is 2.92. The molecular formula is C27H34N8O3. The maximum atomic E-state index is 12.7. The fourth-order valence-electron chi connectivity index (χ4n) is 3.48. The van der Waals surface area contributed by atoms with Gasteiger partial charge < -0.3 is 30.5 Å². The van der Waals surface area contributed by atoms with Crippen molar-refractivity contribution in [2.24, 2.45) is 0 Å². The Hall–Kier alpha value is -4.64. The van der Waals surface area contributed by atoms with E-state index in [1.54, 1.807) is 38.4 Å². The van der Waals surface area contributed by atoms with E-state index in [2.05, 4.69) is 37.4 Å². The third-order valence-corrected chi connectivity index (χ3v) is 5.64. The quantitative estimate of drug-likeness (QED) is 0.326. The van der Waals surface area contributed by atoms with Crippen LogP contribution in [0.5, 0.6) is 5.75 Å². The number of ether oxygens (including phenoxy) is 1. The van der Waals surface area contributed by atoms with Crippen LogP contribution in [0.2, 0.25) is 0 Å². The van der Waals surface area contributed by atoms with Crippen LogP contribution < -0.4 is 30.5 Å². The minimum absolute atomic E-state index is 0.334. The number of hydrogen-bond donors (Lipinski definition) is 3. The molecule has 0 aliphatic rings. The Kier molecular flexibility index (Phi) is 9.60. The van der Waals surface area contributed by atoms with E-state index in [0.717, 1.165) is 18.8 Å². The van der Waals surface area contributed by atoms with Crippen LogP contribution in [0.3, 0.4) is 0 Å². The summed E-state index contributed by atoms with van der Waals surface area (Å²) >= 11 is 0. The third kappa shape index (κ3) is 7.43. The predicted molar refractivity (Wildman–Crippen MR) is 153 cm³/mol. The van der Waals surface area contributed by atoms with E-state index in [9.17, 15) is 9.59 Å². The van der Waals surface area contributed by atoms with E-state index in [1.807, 2.05) is 50.3 Å². The van der Waals surface area contributed by atoms with Gasteiger partial charge in [0.05, 0.1) is 24.2 Å². The predicted octanol–water partition coefficient (Wildman–Crippen LogP) is 4.02. The Morgan fingerprint density at radius 3 is 2.37 bits per heavy atom. The molecule has 3 aromatic rings. The Morgan fingerprint density at radius 2 is 1.71 bits per heavy atom. The number of nitrogens with zero attached hydrogens (tertiary/aromatic N) is 5. The summed E-state index contributed by atoms with van der Waals surface area (Å²) < 4.78 is 5.65. The molecule has 38 heavy (non-hydrogen) atoms. The smallest absolute Gasteiger partial charge is 0.327 e. The van der Waals surface area contributed by atoms with Gasteiger partial charge in [0.2, 0.25) is 5.91 Å². The number of benzene rings is 2. The second-order valence-electron chi connectivity index (χ2n) is 8.73. The maximum Gasteiger partial charge on any atom is 0.327 e. The van der Waals surface area contributed by atoms with Crippen molar-refractivity contribution in [3.63, 3.8) is 0 Å². The summed E-state index contributed by atoms with van der Waals surface area (Å²) in [6, 6.07) is 14.1. The van der Waals surface area contributed by atoms with Gasteiger partial charge in [0.15, 0.2) is 0 Å². The Bertz CT molecular complexity index is 1270. The molecule has 11 heteroatoms. The van der Waals surface area contributed by atoms with Crippen LogP contribution in [0.25, 0.3) is 0 Å². The number of para-hydroxylation sites is 1. The van der Waals surface area contributed by atoms with Gasteiger partial charge in [-0.1, -0.05) is 24.8 Å². The van der Waals surface area contributed by atoms with Crippen LogP contribution >= 0.6 is 0 Å². The lowest BCUT2D eigenvalue weighted by molar-refractivity contribution is -0.111. The van der Waals surface area contributed by atoms with Gasteiger partial charge >= 0.3 is 6.03 Å². The number of methoxy groups -OCH3 is 1. The molecule has 0 bridgehead atoms. The maximum absolute atomic E-state index is 12.7. The zero-order chi connectivity index (χ0) is 27.7. The number of amides is 3. The van der Waals surface area contributed by atoms with Crippen LogP contribution in [-0.2, 0) is 4.79 Å². The second-order valence-corrected chi connectivity index (χ2v) is 8.73. The highest BCUT2D eigenvalue weighted by Crippen LogP contribution is 2.38. The van der Waals surface area contributed by atoms with Crippen LogP contribution in [0.15, 0.2) is 67.5 Å². The molecule has 1 heterocycles.